The number of unbranched alkanes of at least 4 members (excludes halogenated alkanes) is 1. The predicted molar refractivity (Wildman–Crippen MR) is 121 cm³/mol. The molecule has 164 valence electrons. The van der Waals surface area contributed by atoms with Gasteiger partial charge in [-0.1, -0.05) is 45.4 Å². The summed E-state index contributed by atoms with van der Waals surface area (Å²) >= 11 is 6.21. The van der Waals surface area contributed by atoms with Crippen LogP contribution in [0, 0.1) is 23.2 Å². The van der Waals surface area contributed by atoms with Crippen LogP contribution in [0.1, 0.15) is 66.2 Å². The van der Waals surface area contributed by atoms with E-state index in [0.717, 1.165) is 55.9 Å². The molecule has 1 aliphatic heterocycles. The third-order valence-electron chi connectivity index (χ3n) is 6.87. The van der Waals surface area contributed by atoms with E-state index in [2.05, 4.69) is 49.3 Å². The van der Waals surface area contributed by atoms with Crippen LogP contribution >= 0.6 is 11.6 Å². The van der Waals surface area contributed by atoms with E-state index in [4.69, 9.17) is 16.7 Å². The molecule has 5 heteroatoms. The predicted octanol–water partition coefficient (Wildman–Crippen LogP) is 4.19. The van der Waals surface area contributed by atoms with Gasteiger partial charge in [-0.05, 0) is 74.8 Å². The van der Waals surface area contributed by atoms with E-state index in [0.29, 0.717) is 24.0 Å². The van der Waals surface area contributed by atoms with Crippen LogP contribution in [0.15, 0.2) is 11.1 Å². The molecule has 0 radical (unpaired) electrons. The van der Waals surface area contributed by atoms with Gasteiger partial charge >= 0.3 is 0 Å². The topological polar surface area (TPSA) is 47.5 Å². The third kappa shape index (κ3) is 7.60. The van der Waals surface area contributed by atoms with Gasteiger partial charge in [0.05, 0.1) is 0 Å². The lowest BCUT2D eigenvalue weighted by Gasteiger charge is -2.49. The highest BCUT2D eigenvalue weighted by Crippen LogP contribution is 2.44. The average molecular weight is 414 g/mol. The summed E-state index contributed by atoms with van der Waals surface area (Å²) in [4.78, 5) is 2.69. The van der Waals surface area contributed by atoms with Crippen LogP contribution in [0.3, 0.4) is 0 Å². The van der Waals surface area contributed by atoms with E-state index in [-0.39, 0.29) is 0 Å². The van der Waals surface area contributed by atoms with Crippen molar-refractivity contribution in [3.8, 4) is 0 Å². The molecule has 3 N–H and O–H groups in total. The SMILES string of the molecule is CC(C)[C@H](CN1CCC(C2CC=C(Cl)CC2)C(C)(C)C1)NCNCCCCO. The molecule has 1 heterocycles. The van der Waals surface area contributed by atoms with Crippen molar-refractivity contribution in [2.24, 2.45) is 23.2 Å². The maximum Gasteiger partial charge on any atom is 0.0456 e. The normalized spacial score (nSPS) is 27.0. The zero-order valence-corrected chi connectivity index (χ0v) is 19.4. The van der Waals surface area contributed by atoms with Gasteiger partial charge in [0, 0.05) is 37.4 Å². The van der Waals surface area contributed by atoms with Crippen molar-refractivity contribution >= 4 is 11.6 Å². The van der Waals surface area contributed by atoms with Crippen molar-refractivity contribution < 1.29 is 5.11 Å². The zero-order chi connectivity index (χ0) is 20.6. The molecule has 1 fully saturated rings. The summed E-state index contributed by atoms with van der Waals surface area (Å²) in [7, 11) is 0. The molecule has 2 unspecified atom stereocenters. The number of aliphatic hydroxyl groups is 1. The Kier molecular flexibility index (Phi) is 10.3. The molecule has 1 aliphatic carbocycles. The summed E-state index contributed by atoms with van der Waals surface area (Å²) in [6.07, 6.45) is 9.01. The Morgan fingerprint density at radius 3 is 2.68 bits per heavy atom. The molecule has 0 aromatic rings. The van der Waals surface area contributed by atoms with E-state index in [1.165, 1.54) is 32.4 Å². The van der Waals surface area contributed by atoms with Crippen molar-refractivity contribution in [1.29, 1.82) is 0 Å². The van der Waals surface area contributed by atoms with Gasteiger partial charge in [0.2, 0.25) is 0 Å². The minimum atomic E-state index is 0.291. The standard InChI is InChI=1S/C23H44ClN3O/c1-18(2)22(26-17-25-12-5-6-14-28)15-27-13-11-21(23(3,4)16-27)19-7-9-20(24)10-8-19/h9,18-19,21-22,25-26,28H,5-8,10-17H2,1-4H3/t19?,21?,22-/m0/s1. The molecule has 0 aromatic heterocycles. The second-order valence-corrected chi connectivity index (χ2v) is 10.5. The van der Waals surface area contributed by atoms with Crippen LogP contribution in [-0.4, -0.2) is 55.5 Å². The van der Waals surface area contributed by atoms with Crippen molar-refractivity contribution in [2.75, 3.05) is 39.5 Å². The van der Waals surface area contributed by atoms with E-state index < -0.39 is 0 Å². The first-order valence-corrected chi connectivity index (χ1v) is 11.8. The highest BCUT2D eigenvalue weighted by Gasteiger charge is 2.40. The van der Waals surface area contributed by atoms with Crippen LogP contribution in [-0.2, 0) is 0 Å². The fraction of sp³-hybridized carbons (Fsp3) is 0.913. The zero-order valence-electron chi connectivity index (χ0n) is 18.6. The minimum Gasteiger partial charge on any atom is -0.396 e. The average Bonchev–Trinajstić information content (AvgIpc) is 2.64. The fourth-order valence-electron chi connectivity index (χ4n) is 5.15. The fourth-order valence-corrected chi connectivity index (χ4v) is 5.34. The monoisotopic (exact) mass is 413 g/mol. The van der Waals surface area contributed by atoms with E-state index >= 15 is 0 Å². The molecule has 28 heavy (non-hydrogen) atoms. The molecule has 1 saturated heterocycles. The second-order valence-electron chi connectivity index (χ2n) is 9.97. The largest absolute Gasteiger partial charge is 0.396 e. The third-order valence-corrected chi connectivity index (χ3v) is 7.21. The number of likely N-dealkylation sites (tertiary alicyclic amines) is 1. The van der Waals surface area contributed by atoms with E-state index in [1.807, 2.05) is 0 Å². The van der Waals surface area contributed by atoms with Crippen LogP contribution in [0.4, 0.5) is 0 Å². The molecule has 0 bridgehead atoms. The van der Waals surface area contributed by atoms with Crippen molar-refractivity contribution in [3.63, 3.8) is 0 Å². The number of rotatable bonds is 11. The van der Waals surface area contributed by atoms with Gasteiger partial charge in [0.1, 0.15) is 0 Å². The minimum absolute atomic E-state index is 0.291. The van der Waals surface area contributed by atoms with E-state index in [9.17, 15) is 0 Å². The maximum absolute atomic E-state index is 8.86. The van der Waals surface area contributed by atoms with Gasteiger partial charge in [0.15, 0.2) is 0 Å². The molecule has 0 aromatic carbocycles. The molecule has 2 aliphatic rings. The van der Waals surface area contributed by atoms with Crippen molar-refractivity contribution in [1.82, 2.24) is 15.5 Å². The van der Waals surface area contributed by atoms with Gasteiger partial charge in [0.25, 0.3) is 0 Å². The van der Waals surface area contributed by atoms with Crippen LogP contribution in [0.5, 0.6) is 0 Å². The number of piperidine rings is 1. The molecular formula is C23H44ClN3O. The first-order valence-electron chi connectivity index (χ1n) is 11.5. The molecule has 0 spiro atoms. The highest BCUT2D eigenvalue weighted by molar-refractivity contribution is 6.29. The lowest BCUT2D eigenvalue weighted by atomic mass is 9.65. The Morgan fingerprint density at radius 1 is 1.29 bits per heavy atom. The quantitative estimate of drug-likeness (QED) is 0.351. The number of aliphatic hydroxyl groups excluding tert-OH is 1. The summed E-state index contributed by atoms with van der Waals surface area (Å²) in [5.74, 6) is 2.23. The lowest BCUT2D eigenvalue weighted by Crippen LogP contribution is -2.53. The van der Waals surface area contributed by atoms with Gasteiger partial charge in [-0.25, -0.2) is 0 Å². The van der Waals surface area contributed by atoms with E-state index in [1.54, 1.807) is 0 Å². The molecule has 4 nitrogen and oxygen atoms in total. The summed E-state index contributed by atoms with van der Waals surface area (Å²) in [5, 5.41) is 17.1. The second kappa shape index (κ2) is 11.9. The Labute approximate surface area is 178 Å². The number of hydrogen-bond acceptors (Lipinski definition) is 4. The number of allylic oxidation sites excluding steroid dienone is 2. The molecule has 2 rings (SSSR count). The van der Waals surface area contributed by atoms with Crippen molar-refractivity contribution in [2.45, 2.75) is 72.3 Å². The lowest BCUT2D eigenvalue weighted by molar-refractivity contribution is 0.0117. The van der Waals surface area contributed by atoms with Gasteiger partial charge in [-0.2, -0.15) is 0 Å². The number of hydrogen-bond donors (Lipinski definition) is 3. The Balaban J connectivity index is 1.80. The summed E-state index contributed by atoms with van der Waals surface area (Å²) < 4.78 is 0. The summed E-state index contributed by atoms with van der Waals surface area (Å²) in [5.41, 5.74) is 0.366. The first-order chi connectivity index (χ1) is 13.3. The molecule has 3 atom stereocenters. The number of halogens is 1. The van der Waals surface area contributed by atoms with Gasteiger partial charge in [-0.3, -0.25) is 0 Å². The number of nitrogens with zero attached hydrogens (tertiary/aromatic N) is 1. The van der Waals surface area contributed by atoms with Crippen LogP contribution in [0.2, 0.25) is 0 Å². The van der Waals surface area contributed by atoms with Crippen LogP contribution in [0.25, 0.3) is 0 Å². The Hall–Kier alpha value is -0.130. The first kappa shape index (κ1) is 24.1. The van der Waals surface area contributed by atoms with Gasteiger partial charge in [-0.15, -0.1) is 0 Å². The highest BCUT2D eigenvalue weighted by atomic mass is 35.5. The summed E-state index contributed by atoms with van der Waals surface area (Å²) in [6, 6.07) is 0.508. The molecular weight excluding hydrogens is 370 g/mol. The Bertz CT molecular complexity index is 480. The van der Waals surface area contributed by atoms with Crippen molar-refractivity contribution in [3.05, 3.63) is 11.1 Å². The Morgan fingerprint density at radius 2 is 2.07 bits per heavy atom. The van der Waals surface area contributed by atoms with Crippen LogP contribution < -0.4 is 10.6 Å². The maximum atomic E-state index is 8.86. The number of nitrogens with one attached hydrogen (secondary N) is 2. The molecule has 0 saturated carbocycles. The smallest absolute Gasteiger partial charge is 0.0456 e. The van der Waals surface area contributed by atoms with Gasteiger partial charge < -0.3 is 20.6 Å². The summed E-state index contributed by atoms with van der Waals surface area (Å²) in [6.45, 7) is 15.2. The molecule has 0 amide bonds.